The van der Waals surface area contributed by atoms with E-state index in [4.69, 9.17) is 10.8 Å². The summed E-state index contributed by atoms with van der Waals surface area (Å²) >= 11 is 0. The molecule has 0 heterocycles. The highest BCUT2D eigenvalue weighted by molar-refractivity contribution is 5.29. The van der Waals surface area contributed by atoms with Gasteiger partial charge >= 0.3 is 6.36 Å². The third-order valence-electron chi connectivity index (χ3n) is 1.74. The average Bonchev–Trinajstić information content (AvgIpc) is 2.15. The molecule has 1 atom stereocenters. The fraction of sp³-hybridized carbons (Fsp3) is 0.333. The molecule has 1 rings (SSSR count). The van der Waals surface area contributed by atoms with E-state index in [0.717, 1.165) is 12.1 Å². The highest BCUT2D eigenvalue weighted by Gasteiger charge is 2.30. The van der Waals surface area contributed by atoms with Gasteiger partial charge in [-0.15, -0.1) is 13.2 Å². The standard InChI is InChI=1S/C9H10F3NO2/c10-9(11,12)15-7-3-1-6(2-4-7)8(13)5-14/h1-4,8,14H,5,13H2. The second-order valence-corrected chi connectivity index (χ2v) is 2.91. The Morgan fingerprint density at radius 1 is 1.27 bits per heavy atom. The van der Waals surface area contributed by atoms with E-state index in [1.807, 2.05) is 0 Å². The summed E-state index contributed by atoms with van der Waals surface area (Å²) in [6, 6.07) is 4.46. The second kappa shape index (κ2) is 4.50. The van der Waals surface area contributed by atoms with Gasteiger partial charge in [0.15, 0.2) is 0 Å². The van der Waals surface area contributed by atoms with Crippen LogP contribution in [0.25, 0.3) is 0 Å². The second-order valence-electron chi connectivity index (χ2n) is 2.91. The topological polar surface area (TPSA) is 55.5 Å². The number of hydrogen-bond donors (Lipinski definition) is 2. The molecule has 6 heteroatoms. The van der Waals surface area contributed by atoms with Crippen LogP contribution in [0.15, 0.2) is 24.3 Å². The number of aliphatic hydroxyl groups excluding tert-OH is 1. The fourth-order valence-electron chi connectivity index (χ4n) is 1.02. The Kier molecular flexibility index (Phi) is 3.54. The van der Waals surface area contributed by atoms with E-state index >= 15 is 0 Å². The number of alkyl halides is 3. The molecule has 0 aliphatic rings. The minimum atomic E-state index is -4.69. The maximum absolute atomic E-state index is 11.8. The van der Waals surface area contributed by atoms with Gasteiger partial charge in [0.25, 0.3) is 0 Å². The van der Waals surface area contributed by atoms with Crippen LogP contribution in [0, 0.1) is 0 Å². The van der Waals surface area contributed by atoms with Crippen LogP contribution in [0.2, 0.25) is 0 Å². The molecule has 15 heavy (non-hydrogen) atoms. The molecular weight excluding hydrogens is 211 g/mol. The lowest BCUT2D eigenvalue weighted by Gasteiger charge is -2.11. The molecule has 0 bridgehead atoms. The van der Waals surface area contributed by atoms with E-state index < -0.39 is 12.4 Å². The molecule has 1 unspecified atom stereocenters. The van der Waals surface area contributed by atoms with Crippen molar-refractivity contribution in [1.82, 2.24) is 0 Å². The molecule has 0 amide bonds. The zero-order valence-electron chi connectivity index (χ0n) is 7.66. The van der Waals surface area contributed by atoms with E-state index in [9.17, 15) is 13.2 Å². The van der Waals surface area contributed by atoms with E-state index in [0.29, 0.717) is 5.56 Å². The van der Waals surface area contributed by atoms with Gasteiger partial charge in [-0.05, 0) is 17.7 Å². The predicted octanol–water partition coefficient (Wildman–Crippen LogP) is 1.58. The van der Waals surface area contributed by atoms with Gasteiger partial charge in [-0.1, -0.05) is 12.1 Å². The van der Waals surface area contributed by atoms with Gasteiger partial charge in [0.1, 0.15) is 5.75 Å². The largest absolute Gasteiger partial charge is 0.573 e. The summed E-state index contributed by atoms with van der Waals surface area (Å²) in [6.07, 6.45) is -4.69. The van der Waals surface area contributed by atoms with Crippen LogP contribution in [0.1, 0.15) is 11.6 Å². The van der Waals surface area contributed by atoms with Crippen LogP contribution in [-0.2, 0) is 0 Å². The quantitative estimate of drug-likeness (QED) is 0.814. The molecule has 0 aliphatic carbocycles. The van der Waals surface area contributed by atoms with Gasteiger partial charge in [-0.3, -0.25) is 0 Å². The minimum absolute atomic E-state index is 0.264. The molecular formula is C9H10F3NO2. The van der Waals surface area contributed by atoms with Gasteiger partial charge in [0.2, 0.25) is 0 Å². The van der Waals surface area contributed by atoms with Gasteiger partial charge in [-0.2, -0.15) is 0 Å². The molecule has 1 aromatic rings. The average molecular weight is 221 g/mol. The van der Waals surface area contributed by atoms with Crippen molar-refractivity contribution in [3.05, 3.63) is 29.8 Å². The van der Waals surface area contributed by atoms with Crippen molar-refractivity contribution in [3.63, 3.8) is 0 Å². The Labute approximate surface area is 84.3 Å². The molecule has 0 aliphatic heterocycles. The van der Waals surface area contributed by atoms with Crippen LogP contribution < -0.4 is 10.5 Å². The van der Waals surface area contributed by atoms with Crippen molar-refractivity contribution >= 4 is 0 Å². The molecule has 0 aromatic heterocycles. The maximum Gasteiger partial charge on any atom is 0.573 e. The number of benzene rings is 1. The normalized spacial score (nSPS) is 13.7. The first-order valence-corrected chi connectivity index (χ1v) is 4.14. The number of halogens is 3. The van der Waals surface area contributed by atoms with E-state index in [1.165, 1.54) is 12.1 Å². The maximum atomic E-state index is 11.8. The Morgan fingerprint density at radius 3 is 2.20 bits per heavy atom. The van der Waals surface area contributed by atoms with Crippen molar-refractivity contribution in [1.29, 1.82) is 0 Å². The van der Waals surface area contributed by atoms with Gasteiger partial charge < -0.3 is 15.6 Å². The third-order valence-corrected chi connectivity index (χ3v) is 1.74. The predicted molar refractivity (Wildman–Crippen MR) is 47.1 cm³/mol. The van der Waals surface area contributed by atoms with Crippen molar-refractivity contribution < 1.29 is 23.0 Å². The lowest BCUT2D eigenvalue weighted by Crippen LogP contribution is -2.17. The highest BCUT2D eigenvalue weighted by atomic mass is 19.4. The number of ether oxygens (including phenoxy) is 1. The third kappa shape index (κ3) is 3.77. The summed E-state index contributed by atoms with van der Waals surface area (Å²) in [7, 11) is 0. The van der Waals surface area contributed by atoms with Gasteiger partial charge in [0, 0.05) is 0 Å². The lowest BCUT2D eigenvalue weighted by atomic mass is 10.1. The van der Waals surface area contributed by atoms with Crippen LogP contribution >= 0.6 is 0 Å². The van der Waals surface area contributed by atoms with Crippen LogP contribution in [0.4, 0.5) is 13.2 Å². The first-order chi connectivity index (χ1) is 6.92. The van der Waals surface area contributed by atoms with Crippen LogP contribution in [-0.4, -0.2) is 18.1 Å². The van der Waals surface area contributed by atoms with Crippen molar-refractivity contribution in [3.8, 4) is 5.75 Å². The molecule has 0 radical (unpaired) electrons. The summed E-state index contributed by atoms with van der Waals surface area (Å²) in [5, 5.41) is 8.71. The minimum Gasteiger partial charge on any atom is -0.406 e. The van der Waals surface area contributed by atoms with Crippen LogP contribution in [0.3, 0.4) is 0 Å². The van der Waals surface area contributed by atoms with Gasteiger partial charge in [0.05, 0.1) is 12.6 Å². The molecule has 0 spiro atoms. The molecule has 1 aromatic carbocycles. The summed E-state index contributed by atoms with van der Waals surface area (Å²) in [6.45, 7) is -0.264. The summed E-state index contributed by atoms with van der Waals surface area (Å²) in [4.78, 5) is 0. The number of hydrogen-bond acceptors (Lipinski definition) is 3. The fourth-order valence-corrected chi connectivity index (χ4v) is 1.02. The van der Waals surface area contributed by atoms with Crippen molar-refractivity contribution in [2.45, 2.75) is 12.4 Å². The Hall–Kier alpha value is -1.27. The Balaban J connectivity index is 2.72. The molecule has 3 nitrogen and oxygen atoms in total. The first kappa shape index (κ1) is 11.8. The summed E-state index contributed by atoms with van der Waals surface area (Å²) in [5.74, 6) is -0.309. The monoisotopic (exact) mass is 221 g/mol. The summed E-state index contributed by atoms with van der Waals surface area (Å²) in [5.41, 5.74) is 6.01. The zero-order chi connectivity index (χ0) is 11.5. The highest BCUT2D eigenvalue weighted by Crippen LogP contribution is 2.23. The Morgan fingerprint density at radius 2 is 1.80 bits per heavy atom. The lowest BCUT2D eigenvalue weighted by molar-refractivity contribution is -0.274. The Bertz CT molecular complexity index is 310. The zero-order valence-corrected chi connectivity index (χ0v) is 7.66. The SMILES string of the molecule is NC(CO)c1ccc(OC(F)(F)F)cc1. The van der Waals surface area contributed by atoms with Crippen molar-refractivity contribution in [2.75, 3.05) is 6.61 Å². The first-order valence-electron chi connectivity index (χ1n) is 4.14. The number of nitrogens with two attached hydrogens (primary N) is 1. The van der Waals surface area contributed by atoms with E-state index in [1.54, 1.807) is 0 Å². The smallest absolute Gasteiger partial charge is 0.406 e. The summed E-state index contributed by atoms with van der Waals surface area (Å²) < 4.78 is 39.0. The van der Waals surface area contributed by atoms with Gasteiger partial charge in [-0.25, -0.2) is 0 Å². The number of aliphatic hydroxyl groups is 1. The number of rotatable bonds is 3. The van der Waals surface area contributed by atoms with Crippen molar-refractivity contribution in [2.24, 2.45) is 5.73 Å². The molecule has 0 saturated carbocycles. The molecule has 0 fully saturated rings. The molecule has 0 saturated heterocycles. The molecule has 3 N–H and O–H groups in total. The molecule has 84 valence electrons. The van der Waals surface area contributed by atoms with E-state index in [2.05, 4.69) is 4.74 Å². The van der Waals surface area contributed by atoms with Crippen LogP contribution in [0.5, 0.6) is 5.75 Å². The van der Waals surface area contributed by atoms with E-state index in [-0.39, 0.29) is 12.4 Å².